The van der Waals surface area contributed by atoms with Crippen LogP contribution in [0.15, 0.2) is 0 Å². The van der Waals surface area contributed by atoms with Crippen LogP contribution in [-0.2, 0) is 0 Å². The van der Waals surface area contributed by atoms with Crippen molar-refractivity contribution < 1.29 is 5.11 Å². The van der Waals surface area contributed by atoms with Crippen molar-refractivity contribution in [3.8, 4) is 0 Å². The largest absolute Gasteiger partial charge is 0.389 e. The first-order chi connectivity index (χ1) is 8.03. The standard InChI is InChI=1S/C14H30N2O/c1-5-14(17,6-2)12-16-9-8-13(11-16)10-15(4)7-3/h13,17H,5-12H2,1-4H3. The fraction of sp³-hybridized carbons (Fsp3) is 1.00. The summed E-state index contributed by atoms with van der Waals surface area (Å²) in [5.74, 6) is 0.790. The second-order valence-electron chi connectivity index (χ2n) is 5.68. The van der Waals surface area contributed by atoms with Gasteiger partial charge in [0.05, 0.1) is 5.60 Å². The van der Waals surface area contributed by atoms with E-state index in [-0.39, 0.29) is 0 Å². The lowest BCUT2D eigenvalue weighted by Gasteiger charge is -2.30. The minimum absolute atomic E-state index is 0.467. The zero-order valence-corrected chi connectivity index (χ0v) is 12.1. The topological polar surface area (TPSA) is 26.7 Å². The molecular formula is C14H30N2O. The summed E-state index contributed by atoms with van der Waals surface area (Å²) in [5.41, 5.74) is -0.467. The summed E-state index contributed by atoms with van der Waals surface area (Å²) in [4.78, 5) is 4.83. The van der Waals surface area contributed by atoms with Crippen molar-refractivity contribution in [1.82, 2.24) is 9.80 Å². The normalized spacial score (nSPS) is 22.6. The van der Waals surface area contributed by atoms with Gasteiger partial charge in [-0.1, -0.05) is 20.8 Å². The number of hydrogen-bond acceptors (Lipinski definition) is 3. The Hall–Kier alpha value is -0.120. The van der Waals surface area contributed by atoms with Gasteiger partial charge < -0.3 is 14.9 Å². The van der Waals surface area contributed by atoms with Gasteiger partial charge in [0.1, 0.15) is 0 Å². The summed E-state index contributed by atoms with van der Waals surface area (Å²) in [6.07, 6.45) is 3.01. The minimum atomic E-state index is -0.467. The Morgan fingerprint density at radius 1 is 1.29 bits per heavy atom. The van der Waals surface area contributed by atoms with Crippen molar-refractivity contribution in [1.29, 1.82) is 0 Å². The maximum atomic E-state index is 10.4. The Balaban J connectivity index is 2.35. The van der Waals surface area contributed by atoms with Gasteiger partial charge in [0.2, 0.25) is 0 Å². The summed E-state index contributed by atoms with van der Waals surface area (Å²) < 4.78 is 0. The molecule has 1 saturated heterocycles. The number of β-amino-alcohol motifs (C(OH)–C–C–N with tert-alkyl or cyclic N) is 1. The lowest BCUT2D eigenvalue weighted by molar-refractivity contribution is 0.00140. The van der Waals surface area contributed by atoms with E-state index in [4.69, 9.17) is 0 Å². The number of rotatable bonds is 7. The Bertz CT molecular complexity index is 216. The maximum absolute atomic E-state index is 10.4. The van der Waals surface area contributed by atoms with Gasteiger partial charge in [0.25, 0.3) is 0 Å². The van der Waals surface area contributed by atoms with Crippen LogP contribution in [-0.4, -0.2) is 60.3 Å². The molecule has 1 atom stereocenters. The lowest BCUT2D eigenvalue weighted by atomic mass is 9.97. The Labute approximate surface area is 107 Å². The number of aliphatic hydroxyl groups is 1. The van der Waals surface area contributed by atoms with E-state index in [0.717, 1.165) is 44.9 Å². The first kappa shape index (κ1) is 14.9. The fourth-order valence-corrected chi connectivity index (χ4v) is 2.67. The second-order valence-corrected chi connectivity index (χ2v) is 5.68. The molecule has 0 amide bonds. The molecule has 1 unspecified atom stereocenters. The summed E-state index contributed by atoms with van der Waals surface area (Å²) in [7, 11) is 2.19. The molecule has 3 heteroatoms. The molecule has 1 N–H and O–H groups in total. The van der Waals surface area contributed by atoms with E-state index < -0.39 is 5.60 Å². The molecule has 0 aliphatic carbocycles. The molecule has 0 bridgehead atoms. The minimum Gasteiger partial charge on any atom is -0.389 e. The van der Waals surface area contributed by atoms with E-state index in [9.17, 15) is 5.11 Å². The van der Waals surface area contributed by atoms with E-state index in [0.29, 0.717) is 0 Å². The molecule has 1 aliphatic rings. The monoisotopic (exact) mass is 242 g/mol. The third kappa shape index (κ3) is 4.57. The number of hydrogen-bond donors (Lipinski definition) is 1. The first-order valence-electron chi connectivity index (χ1n) is 7.16. The molecule has 17 heavy (non-hydrogen) atoms. The number of nitrogens with zero attached hydrogens (tertiary/aromatic N) is 2. The van der Waals surface area contributed by atoms with Crippen LogP contribution in [0.3, 0.4) is 0 Å². The molecule has 3 nitrogen and oxygen atoms in total. The van der Waals surface area contributed by atoms with Crippen molar-refractivity contribution in [3.05, 3.63) is 0 Å². The van der Waals surface area contributed by atoms with Crippen LogP contribution in [0.4, 0.5) is 0 Å². The number of likely N-dealkylation sites (tertiary alicyclic amines) is 1. The van der Waals surface area contributed by atoms with E-state index in [1.165, 1.54) is 13.0 Å². The van der Waals surface area contributed by atoms with Crippen LogP contribution >= 0.6 is 0 Å². The zero-order chi connectivity index (χ0) is 12.9. The van der Waals surface area contributed by atoms with Gasteiger partial charge in [-0.25, -0.2) is 0 Å². The molecule has 0 aromatic carbocycles. The van der Waals surface area contributed by atoms with Crippen molar-refractivity contribution in [3.63, 3.8) is 0 Å². The molecule has 1 heterocycles. The van der Waals surface area contributed by atoms with Gasteiger partial charge in [-0.05, 0) is 45.3 Å². The first-order valence-corrected chi connectivity index (χ1v) is 7.16. The zero-order valence-electron chi connectivity index (χ0n) is 12.1. The second kappa shape index (κ2) is 6.72. The van der Waals surface area contributed by atoms with E-state index in [2.05, 4.69) is 37.6 Å². The Morgan fingerprint density at radius 3 is 2.47 bits per heavy atom. The molecule has 1 rings (SSSR count). The van der Waals surface area contributed by atoms with Gasteiger partial charge in [0, 0.05) is 19.6 Å². The van der Waals surface area contributed by atoms with Crippen LogP contribution in [0.5, 0.6) is 0 Å². The lowest BCUT2D eigenvalue weighted by Crippen LogP contribution is -2.41. The third-order valence-electron chi connectivity index (χ3n) is 4.31. The van der Waals surface area contributed by atoms with Crippen LogP contribution in [0, 0.1) is 5.92 Å². The highest BCUT2D eigenvalue weighted by atomic mass is 16.3. The highest BCUT2D eigenvalue weighted by Crippen LogP contribution is 2.22. The molecule has 0 aromatic heterocycles. The molecule has 0 radical (unpaired) electrons. The summed E-state index contributed by atoms with van der Waals surface area (Å²) >= 11 is 0. The molecule has 1 fully saturated rings. The van der Waals surface area contributed by atoms with E-state index in [1.807, 2.05) is 0 Å². The molecule has 0 spiro atoms. The average molecular weight is 242 g/mol. The summed E-state index contributed by atoms with van der Waals surface area (Å²) in [6, 6.07) is 0. The predicted octanol–water partition coefficient (Wildman–Crippen LogP) is 1.81. The van der Waals surface area contributed by atoms with Crippen molar-refractivity contribution in [2.75, 3.05) is 39.8 Å². The van der Waals surface area contributed by atoms with E-state index in [1.54, 1.807) is 0 Å². The molecular weight excluding hydrogens is 212 g/mol. The highest BCUT2D eigenvalue weighted by molar-refractivity contribution is 4.85. The average Bonchev–Trinajstić information content (AvgIpc) is 2.75. The van der Waals surface area contributed by atoms with Gasteiger partial charge >= 0.3 is 0 Å². The highest BCUT2D eigenvalue weighted by Gasteiger charge is 2.30. The van der Waals surface area contributed by atoms with Crippen LogP contribution in [0.2, 0.25) is 0 Å². The maximum Gasteiger partial charge on any atom is 0.0768 e. The summed E-state index contributed by atoms with van der Waals surface area (Å²) in [5, 5.41) is 10.4. The van der Waals surface area contributed by atoms with Crippen molar-refractivity contribution >= 4 is 0 Å². The predicted molar refractivity (Wildman–Crippen MR) is 73.2 cm³/mol. The Kier molecular flexibility index (Phi) is 5.90. The van der Waals surface area contributed by atoms with Gasteiger partial charge in [-0.3, -0.25) is 0 Å². The quantitative estimate of drug-likeness (QED) is 0.737. The third-order valence-corrected chi connectivity index (χ3v) is 4.31. The molecule has 0 aromatic rings. The summed E-state index contributed by atoms with van der Waals surface area (Å²) in [6.45, 7) is 11.9. The SMILES string of the molecule is CCN(C)CC1CCN(CC(O)(CC)CC)C1. The van der Waals surface area contributed by atoms with Crippen molar-refractivity contribution in [2.24, 2.45) is 5.92 Å². The molecule has 0 saturated carbocycles. The van der Waals surface area contributed by atoms with Crippen LogP contribution < -0.4 is 0 Å². The van der Waals surface area contributed by atoms with Crippen LogP contribution in [0.25, 0.3) is 0 Å². The van der Waals surface area contributed by atoms with Gasteiger partial charge in [0.15, 0.2) is 0 Å². The van der Waals surface area contributed by atoms with E-state index >= 15 is 0 Å². The Morgan fingerprint density at radius 2 is 1.94 bits per heavy atom. The van der Waals surface area contributed by atoms with Crippen LogP contribution in [0.1, 0.15) is 40.0 Å². The molecule has 102 valence electrons. The van der Waals surface area contributed by atoms with Gasteiger partial charge in [-0.2, -0.15) is 0 Å². The fourth-order valence-electron chi connectivity index (χ4n) is 2.67. The smallest absolute Gasteiger partial charge is 0.0768 e. The molecule has 1 aliphatic heterocycles. The van der Waals surface area contributed by atoms with Crippen molar-refractivity contribution in [2.45, 2.75) is 45.6 Å². The van der Waals surface area contributed by atoms with Gasteiger partial charge in [-0.15, -0.1) is 0 Å².